The number of anilines is 5. The second-order valence-corrected chi connectivity index (χ2v) is 7.40. The molecule has 3 N–H and O–H groups in total. The van der Waals surface area contributed by atoms with Gasteiger partial charge in [-0.2, -0.15) is 13.2 Å². The molecule has 0 aliphatic carbocycles. The van der Waals surface area contributed by atoms with Crippen LogP contribution < -0.4 is 20.9 Å². The average Bonchev–Trinajstić information content (AvgIpc) is 2.75. The zero-order valence-electron chi connectivity index (χ0n) is 17.4. The van der Waals surface area contributed by atoms with Crippen LogP contribution in [0.2, 0.25) is 0 Å². The second-order valence-electron chi connectivity index (χ2n) is 7.40. The van der Waals surface area contributed by atoms with Gasteiger partial charge in [0.25, 0.3) is 0 Å². The fourth-order valence-corrected chi connectivity index (χ4v) is 3.66. The number of nitrogens with zero attached hydrogens (tertiary/aromatic N) is 1. The van der Waals surface area contributed by atoms with E-state index in [4.69, 9.17) is 4.74 Å². The van der Waals surface area contributed by atoms with Crippen molar-refractivity contribution in [1.82, 2.24) is 0 Å². The van der Waals surface area contributed by atoms with Crippen LogP contribution >= 0.6 is 0 Å². The molecule has 0 aromatic heterocycles. The zero-order valence-corrected chi connectivity index (χ0v) is 17.4. The SMILES string of the molecule is CNc1cc(Nc2ccc(N3CCC(C(F)(F)F)CC3)cc2)ccc1NCCOC. The standard InChI is InChI=1S/C22H29F3N4O/c1-26-21-15-18(5-8-20(21)27-11-14-30-2)28-17-3-6-19(7-4-17)29-12-9-16(10-13-29)22(23,24)25/h3-8,15-16,26-28H,9-14H2,1-2H3. The monoisotopic (exact) mass is 422 g/mol. The van der Waals surface area contributed by atoms with Crippen LogP contribution in [0.25, 0.3) is 0 Å². The molecule has 1 fully saturated rings. The number of alkyl halides is 3. The lowest BCUT2D eigenvalue weighted by Gasteiger charge is -2.34. The molecular formula is C22H29F3N4O. The van der Waals surface area contributed by atoms with E-state index in [1.165, 1.54) is 0 Å². The molecular weight excluding hydrogens is 393 g/mol. The first kappa shape index (κ1) is 22.1. The number of ether oxygens (including phenoxy) is 1. The molecule has 1 aliphatic heterocycles. The van der Waals surface area contributed by atoms with Gasteiger partial charge < -0.3 is 25.6 Å². The topological polar surface area (TPSA) is 48.6 Å². The predicted molar refractivity (Wildman–Crippen MR) is 117 cm³/mol. The number of piperidine rings is 1. The van der Waals surface area contributed by atoms with E-state index >= 15 is 0 Å². The fraction of sp³-hybridized carbons (Fsp3) is 0.455. The van der Waals surface area contributed by atoms with Crippen LogP contribution in [0.5, 0.6) is 0 Å². The predicted octanol–water partition coefficient (Wildman–Crippen LogP) is 5.31. The van der Waals surface area contributed by atoms with Crippen LogP contribution in [0, 0.1) is 5.92 Å². The summed E-state index contributed by atoms with van der Waals surface area (Å²) in [6, 6.07) is 13.8. The van der Waals surface area contributed by atoms with Gasteiger partial charge in [0.05, 0.1) is 23.9 Å². The maximum absolute atomic E-state index is 12.8. The molecule has 1 saturated heterocycles. The number of hydrogen-bond acceptors (Lipinski definition) is 5. The lowest BCUT2D eigenvalue weighted by atomic mass is 9.96. The highest BCUT2D eigenvalue weighted by molar-refractivity contribution is 5.76. The van der Waals surface area contributed by atoms with Crippen LogP contribution in [-0.4, -0.2) is 46.6 Å². The number of benzene rings is 2. The Hall–Kier alpha value is -2.61. The van der Waals surface area contributed by atoms with Crippen molar-refractivity contribution >= 4 is 28.4 Å². The van der Waals surface area contributed by atoms with Gasteiger partial charge in [-0.15, -0.1) is 0 Å². The number of rotatable bonds is 8. The Morgan fingerprint density at radius 3 is 2.27 bits per heavy atom. The van der Waals surface area contributed by atoms with E-state index in [0.29, 0.717) is 19.7 Å². The quantitative estimate of drug-likeness (QED) is 0.504. The molecule has 0 saturated carbocycles. The van der Waals surface area contributed by atoms with Crippen molar-refractivity contribution in [1.29, 1.82) is 0 Å². The maximum atomic E-state index is 12.8. The van der Waals surface area contributed by atoms with Gasteiger partial charge in [0.15, 0.2) is 0 Å². The van der Waals surface area contributed by atoms with E-state index in [2.05, 4.69) is 16.0 Å². The van der Waals surface area contributed by atoms with Crippen molar-refractivity contribution in [3.8, 4) is 0 Å². The highest BCUT2D eigenvalue weighted by Gasteiger charge is 2.41. The molecule has 0 amide bonds. The van der Waals surface area contributed by atoms with E-state index < -0.39 is 12.1 Å². The minimum Gasteiger partial charge on any atom is -0.386 e. The third-order valence-corrected chi connectivity index (χ3v) is 5.39. The Balaban J connectivity index is 1.59. The summed E-state index contributed by atoms with van der Waals surface area (Å²) in [4.78, 5) is 2.02. The van der Waals surface area contributed by atoms with Crippen LogP contribution in [0.1, 0.15) is 12.8 Å². The smallest absolute Gasteiger partial charge is 0.386 e. The number of nitrogens with one attached hydrogen (secondary N) is 3. The largest absolute Gasteiger partial charge is 0.391 e. The molecule has 2 aromatic rings. The van der Waals surface area contributed by atoms with Gasteiger partial charge in [-0.3, -0.25) is 0 Å². The van der Waals surface area contributed by atoms with Crippen LogP contribution in [0.4, 0.5) is 41.6 Å². The summed E-state index contributed by atoms with van der Waals surface area (Å²) in [5, 5.41) is 9.88. The molecule has 0 bridgehead atoms. The highest BCUT2D eigenvalue weighted by Crippen LogP contribution is 2.35. The molecule has 0 unspecified atom stereocenters. The van der Waals surface area contributed by atoms with Crippen molar-refractivity contribution in [2.45, 2.75) is 19.0 Å². The molecule has 3 rings (SSSR count). The minimum absolute atomic E-state index is 0.154. The van der Waals surface area contributed by atoms with E-state index in [0.717, 1.165) is 35.0 Å². The summed E-state index contributed by atoms with van der Waals surface area (Å²) in [6.45, 7) is 2.21. The zero-order chi connectivity index (χ0) is 21.6. The molecule has 164 valence electrons. The Labute approximate surface area is 175 Å². The van der Waals surface area contributed by atoms with Gasteiger partial charge in [0.2, 0.25) is 0 Å². The van der Waals surface area contributed by atoms with Gasteiger partial charge in [-0.1, -0.05) is 0 Å². The Morgan fingerprint density at radius 1 is 1.00 bits per heavy atom. The minimum atomic E-state index is -4.08. The first-order chi connectivity index (χ1) is 14.4. The maximum Gasteiger partial charge on any atom is 0.391 e. The van der Waals surface area contributed by atoms with Crippen LogP contribution in [0.15, 0.2) is 42.5 Å². The van der Waals surface area contributed by atoms with Crippen molar-refractivity contribution in [2.24, 2.45) is 5.92 Å². The molecule has 5 nitrogen and oxygen atoms in total. The molecule has 30 heavy (non-hydrogen) atoms. The third-order valence-electron chi connectivity index (χ3n) is 5.39. The van der Waals surface area contributed by atoms with Crippen LogP contribution in [-0.2, 0) is 4.74 Å². The number of hydrogen-bond donors (Lipinski definition) is 3. The van der Waals surface area contributed by atoms with Gasteiger partial charge in [-0.25, -0.2) is 0 Å². The van der Waals surface area contributed by atoms with Crippen molar-refractivity contribution < 1.29 is 17.9 Å². The van der Waals surface area contributed by atoms with Gasteiger partial charge in [-0.05, 0) is 55.3 Å². The van der Waals surface area contributed by atoms with E-state index in [1.54, 1.807) is 7.11 Å². The molecule has 2 aromatic carbocycles. The Bertz CT molecular complexity index is 803. The van der Waals surface area contributed by atoms with E-state index in [9.17, 15) is 13.2 Å². The Morgan fingerprint density at radius 2 is 1.67 bits per heavy atom. The third kappa shape index (κ3) is 5.72. The van der Waals surface area contributed by atoms with Gasteiger partial charge in [0, 0.05) is 50.9 Å². The van der Waals surface area contributed by atoms with Gasteiger partial charge in [0.1, 0.15) is 0 Å². The molecule has 0 radical (unpaired) electrons. The lowest BCUT2D eigenvalue weighted by Crippen LogP contribution is -2.38. The molecule has 8 heteroatoms. The Kier molecular flexibility index (Phi) is 7.31. The highest BCUT2D eigenvalue weighted by atomic mass is 19.4. The summed E-state index contributed by atoms with van der Waals surface area (Å²) in [7, 11) is 3.54. The normalized spacial score (nSPS) is 15.2. The van der Waals surface area contributed by atoms with Crippen molar-refractivity contribution in [2.75, 3.05) is 61.2 Å². The first-order valence-electron chi connectivity index (χ1n) is 10.1. The lowest BCUT2D eigenvalue weighted by molar-refractivity contribution is -0.179. The summed E-state index contributed by atoms with van der Waals surface area (Å²) in [5.41, 5.74) is 4.79. The summed E-state index contributed by atoms with van der Waals surface area (Å²) < 4.78 is 43.6. The molecule has 1 aliphatic rings. The van der Waals surface area contributed by atoms with E-state index in [1.807, 2.05) is 54.4 Å². The molecule has 1 heterocycles. The summed E-state index contributed by atoms with van der Waals surface area (Å²) in [6.07, 6.45) is -3.77. The fourth-order valence-electron chi connectivity index (χ4n) is 3.66. The second kappa shape index (κ2) is 9.93. The molecule has 0 spiro atoms. The molecule has 0 atom stereocenters. The number of halogens is 3. The summed E-state index contributed by atoms with van der Waals surface area (Å²) >= 11 is 0. The van der Waals surface area contributed by atoms with Crippen LogP contribution in [0.3, 0.4) is 0 Å². The van der Waals surface area contributed by atoms with Crippen molar-refractivity contribution in [3.05, 3.63) is 42.5 Å². The number of methoxy groups -OCH3 is 1. The summed E-state index contributed by atoms with van der Waals surface area (Å²) in [5.74, 6) is -1.18. The van der Waals surface area contributed by atoms with Gasteiger partial charge >= 0.3 is 6.18 Å². The average molecular weight is 422 g/mol. The van der Waals surface area contributed by atoms with Crippen molar-refractivity contribution in [3.63, 3.8) is 0 Å². The first-order valence-corrected chi connectivity index (χ1v) is 10.1. The van der Waals surface area contributed by atoms with E-state index in [-0.39, 0.29) is 12.8 Å².